The Hall–Kier alpha value is -3.77. The second kappa shape index (κ2) is 9.61. The van der Waals surface area contributed by atoms with Gasteiger partial charge in [-0.2, -0.15) is 0 Å². The molecular formula is C28H24N2O3S. The number of carbonyl (C=O) groups is 2. The molecule has 1 aliphatic rings. The lowest BCUT2D eigenvalue weighted by Crippen LogP contribution is -2.27. The first-order valence-electron chi connectivity index (χ1n) is 11.1. The fourth-order valence-corrected chi connectivity index (χ4v) is 4.84. The van der Waals surface area contributed by atoms with E-state index in [2.05, 4.69) is 10.6 Å². The van der Waals surface area contributed by atoms with E-state index in [1.807, 2.05) is 92.0 Å². The summed E-state index contributed by atoms with van der Waals surface area (Å²) >= 11 is 0.997. The van der Waals surface area contributed by atoms with Gasteiger partial charge in [0.15, 0.2) is 0 Å². The lowest BCUT2D eigenvalue weighted by molar-refractivity contribution is -0.123. The van der Waals surface area contributed by atoms with Crippen LogP contribution in [0.25, 0.3) is 17.0 Å². The van der Waals surface area contributed by atoms with Crippen molar-refractivity contribution >= 4 is 39.9 Å². The van der Waals surface area contributed by atoms with Crippen molar-refractivity contribution in [2.75, 3.05) is 6.61 Å². The van der Waals surface area contributed by atoms with Crippen LogP contribution in [-0.2, 0) is 17.9 Å². The van der Waals surface area contributed by atoms with Gasteiger partial charge in [-0.15, -0.1) is 0 Å². The minimum Gasteiger partial charge on any atom is -0.492 e. The SMILES string of the molecule is Cc1ccc(CN2C(=O)S/C(=C\c3cn(CCOc4ccccc4)c4ccccc34)C2=O)cc1. The third-order valence-corrected chi connectivity index (χ3v) is 6.69. The molecule has 0 radical (unpaired) electrons. The number of aryl methyl sites for hydroxylation is 1. The minimum atomic E-state index is -0.250. The summed E-state index contributed by atoms with van der Waals surface area (Å²) < 4.78 is 7.99. The summed E-state index contributed by atoms with van der Waals surface area (Å²) in [6.07, 6.45) is 3.85. The van der Waals surface area contributed by atoms with Crippen molar-refractivity contribution in [1.82, 2.24) is 9.47 Å². The van der Waals surface area contributed by atoms with Crippen molar-refractivity contribution in [3.8, 4) is 5.75 Å². The third-order valence-electron chi connectivity index (χ3n) is 5.79. The van der Waals surface area contributed by atoms with Gasteiger partial charge < -0.3 is 9.30 Å². The molecule has 1 fully saturated rings. The first-order chi connectivity index (χ1) is 16.6. The van der Waals surface area contributed by atoms with Gasteiger partial charge in [0.25, 0.3) is 11.1 Å². The number of para-hydroxylation sites is 2. The number of aromatic nitrogens is 1. The topological polar surface area (TPSA) is 51.5 Å². The molecule has 5 rings (SSSR count). The van der Waals surface area contributed by atoms with E-state index in [-0.39, 0.29) is 17.7 Å². The number of imide groups is 1. The summed E-state index contributed by atoms with van der Waals surface area (Å²) in [5.74, 6) is 0.584. The number of ether oxygens (including phenoxy) is 1. The Bertz CT molecular complexity index is 1370. The lowest BCUT2D eigenvalue weighted by atomic mass is 10.1. The molecule has 0 atom stereocenters. The Balaban J connectivity index is 1.36. The van der Waals surface area contributed by atoms with E-state index in [4.69, 9.17) is 4.74 Å². The smallest absolute Gasteiger partial charge is 0.293 e. The highest BCUT2D eigenvalue weighted by atomic mass is 32.2. The molecule has 1 aliphatic heterocycles. The quantitative estimate of drug-likeness (QED) is 0.300. The number of hydrogen-bond acceptors (Lipinski definition) is 4. The minimum absolute atomic E-state index is 0.239. The van der Waals surface area contributed by atoms with E-state index >= 15 is 0 Å². The highest BCUT2D eigenvalue weighted by molar-refractivity contribution is 8.18. The molecule has 34 heavy (non-hydrogen) atoms. The molecule has 6 heteroatoms. The first-order valence-corrected chi connectivity index (χ1v) is 12.0. The predicted octanol–water partition coefficient (Wildman–Crippen LogP) is 6.27. The molecule has 3 aromatic carbocycles. The number of thioether (sulfide) groups is 1. The molecule has 170 valence electrons. The average Bonchev–Trinajstić information content (AvgIpc) is 3.33. The average molecular weight is 469 g/mol. The molecule has 2 amide bonds. The number of nitrogens with zero attached hydrogens (tertiary/aromatic N) is 2. The predicted molar refractivity (Wildman–Crippen MR) is 137 cm³/mol. The van der Waals surface area contributed by atoms with E-state index in [1.54, 1.807) is 0 Å². The largest absolute Gasteiger partial charge is 0.492 e. The standard InChI is InChI=1S/C28H24N2O3S/c1-20-11-13-21(14-12-20)18-30-27(31)26(34-28(30)32)17-22-19-29(25-10-6-5-9-24(22)25)15-16-33-23-7-3-2-4-8-23/h2-14,17,19H,15-16,18H2,1H3/b26-17-. The van der Waals surface area contributed by atoms with Crippen LogP contribution >= 0.6 is 11.8 Å². The van der Waals surface area contributed by atoms with Crippen LogP contribution in [0.3, 0.4) is 0 Å². The summed E-state index contributed by atoms with van der Waals surface area (Å²) in [5.41, 5.74) is 4.05. The van der Waals surface area contributed by atoms with Gasteiger partial charge in [0.1, 0.15) is 12.4 Å². The Morgan fingerprint density at radius 1 is 0.912 bits per heavy atom. The third kappa shape index (κ3) is 4.63. The van der Waals surface area contributed by atoms with Crippen LogP contribution in [0.2, 0.25) is 0 Å². The summed E-state index contributed by atoms with van der Waals surface area (Å²) in [6.45, 7) is 3.48. The maximum absolute atomic E-state index is 13.1. The molecule has 0 spiro atoms. The van der Waals surface area contributed by atoms with E-state index in [0.29, 0.717) is 18.1 Å². The van der Waals surface area contributed by atoms with Crippen molar-refractivity contribution in [2.45, 2.75) is 20.0 Å². The summed E-state index contributed by atoms with van der Waals surface area (Å²) in [7, 11) is 0. The van der Waals surface area contributed by atoms with Crippen LogP contribution < -0.4 is 4.74 Å². The van der Waals surface area contributed by atoms with Gasteiger partial charge in [-0.3, -0.25) is 14.5 Å². The monoisotopic (exact) mass is 468 g/mol. The highest BCUT2D eigenvalue weighted by Crippen LogP contribution is 2.35. The van der Waals surface area contributed by atoms with E-state index < -0.39 is 0 Å². The zero-order valence-corrected chi connectivity index (χ0v) is 19.6. The Kier molecular flexibility index (Phi) is 6.23. The van der Waals surface area contributed by atoms with E-state index in [1.165, 1.54) is 4.90 Å². The maximum Gasteiger partial charge on any atom is 0.293 e. The van der Waals surface area contributed by atoms with Crippen LogP contribution in [0.5, 0.6) is 5.75 Å². The number of hydrogen-bond donors (Lipinski definition) is 0. The van der Waals surface area contributed by atoms with Crippen LogP contribution in [0.15, 0.2) is 90.0 Å². The highest BCUT2D eigenvalue weighted by Gasteiger charge is 2.35. The molecule has 5 nitrogen and oxygen atoms in total. The van der Waals surface area contributed by atoms with E-state index in [0.717, 1.165) is 45.1 Å². The van der Waals surface area contributed by atoms with E-state index in [9.17, 15) is 9.59 Å². The molecule has 0 N–H and O–H groups in total. The Labute approximate surface area is 202 Å². The normalized spacial score (nSPS) is 15.0. The van der Waals surface area contributed by atoms with Crippen molar-refractivity contribution in [1.29, 1.82) is 0 Å². The fraction of sp³-hybridized carbons (Fsp3) is 0.143. The summed E-state index contributed by atoms with van der Waals surface area (Å²) in [4.78, 5) is 27.4. The first kappa shape index (κ1) is 22.0. The fourth-order valence-electron chi connectivity index (χ4n) is 4.01. The molecule has 1 saturated heterocycles. The van der Waals surface area contributed by atoms with Gasteiger partial charge in [-0.1, -0.05) is 66.2 Å². The molecular weight excluding hydrogens is 444 g/mol. The molecule has 2 heterocycles. The molecule has 1 aromatic heterocycles. The number of carbonyl (C=O) groups excluding carboxylic acids is 2. The maximum atomic E-state index is 13.1. The van der Waals surface area contributed by atoms with Gasteiger partial charge >= 0.3 is 0 Å². The van der Waals surface area contributed by atoms with Crippen LogP contribution in [0.1, 0.15) is 16.7 Å². The van der Waals surface area contributed by atoms with Crippen LogP contribution in [-0.4, -0.2) is 27.2 Å². The number of amides is 2. The van der Waals surface area contributed by atoms with Crippen molar-refractivity contribution in [2.24, 2.45) is 0 Å². The molecule has 0 aliphatic carbocycles. The second-order valence-electron chi connectivity index (χ2n) is 8.21. The Morgan fingerprint density at radius 2 is 1.65 bits per heavy atom. The van der Waals surface area contributed by atoms with Gasteiger partial charge in [-0.05, 0) is 48.5 Å². The van der Waals surface area contributed by atoms with Gasteiger partial charge in [0.05, 0.1) is 18.0 Å². The zero-order valence-electron chi connectivity index (χ0n) is 18.8. The molecule has 0 bridgehead atoms. The summed E-state index contributed by atoms with van der Waals surface area (Å²) in [5, 5.41) is 0.796. The number of benzene rings is 3. The lowest BCUT2D eigenvalue weighted by Gasteiger charge is -2.12. The molecule has 0 unspecified atom stereocenters. The van der Waals surface area contributed by atoms with Crippen molar-refractivity contribution < 1.29 is 14.3 Å². The van der Waals surface area contributed by atoms with Crippen LogP contribution in [0.4, 0.5) is 4.79 Å². The van der Waals surface area contributed by atoms with Crippen molar-refractivity contribution in [3.63, 3.8) is 0 Å². The molecule has 4 aromatic rings. The van der Waals surface area contributed by atoms with Crippen molar-refractivity contribution in [3.05, 3.63) is 107 Å². The number of fused-ring (bicyclic) bond motifs is 1. The van der Waals surface area contributed by atoms with Gasteiger partial charge in [0.2, 0.25) is 0 Å². The second-order valence-corrected chi connectivity index (χ2v) is 9.20. The van der Waals surface area contributed by atoms with Gasteiger partial charge in [-0.25, -0.2) is 0 Å². The number of rotatable bonds is 7. The van der Waals surface area contributed by atoms with Gasteiger partial charge in [0, 0.05) is 22.7 Å². The van der Waals surface area contributed by atoms with Crippen LogP contribution in [0, 0.1) is 6.92 Å². The zero-order chi connectivity index (χ0) is 23.5. The Morgan fingerprint density at radius 3 is 2.44 bits per heavy atom. The summed E-state index contributed by atoms with van der Waals surface area (Å²) in [6, 6.07) is 25.7. The molecule has 0 saturated carbocycles.